The molecule has 3 aromatic heterocycles. The van der Waals surface area contributed by atoms with Crippen molar-refractivity contribution in [2.75, 3.05) is 0 Å². The molecule has 0 aliphatic rings. The predicted molar refractivity (Wildman–Crippen MR) is 80.4 cm³/mol. The number of aromatic amines is 1. The van der Waals surface area contributed by atoms with Gasteiger partial charge in [0.25, 0.3) is 5.56 Å². The molecular weight excluding hydrogens is 318 g/mol. The molecule has 0 atom stereocenters. The maximum atomic E-state index is 13.4. The number of imidazole rings is 1. The van der Waals surface area contributed by atoms with Crippen molar-refractivity contribution in [3.05, 3.63) is 65.0 Å². The first-order valence-corrected chi connectivity index (χ1v) is 6.83. The standard InChI is InChI=1S/C15H8F2N6O/c16-9-5-8-12(6-10(9)17)19-14(20-15(8)24)11-1-2-13(22-21-11)23-4-3-18-7-23/h1-7H,(H,19,20,24). The normalized spacial score (nSPS) is 11.1. The first kappa shape index (κ1) is 14.1. The lowest BCUT2D eigenvalue weighted by molar-refractivity contribution is 0.510. The van der Waals surface area contributed by atoms with Gasteiger partial charge < -0.3 is 4.98 Å². The summed E-state index contributed by atoms with van der Waals surface area (Å²) < 4.78 is 28.3. The summed E-state index contributed by atoms with van der Waals surface area (Å²) in [6, 6.07) is 4.95. The Bertz CT molecular complexity index is 1090. The second-order valence-corrected chi connectivity index (χ2v) is 4.94. The van der Waals surface area contributed by atoms with Gasteiger partial charge in [0.15, 0.2) is 23.3 Å². The van der Waals surface area contributed by atoms with E-state index >= 15 is 0 Å². The smallest absolute Gasteiger partial charge is 0.259 e. The maximum Gasteiger partial charge on any atom is 0.259 e. The van der Waals surface area contributed by atoms with Crippen LogP contribution in [0.1, 0.15) is 0 Å². The lowest BCUT2D eigenvalue weighted by Gasteiger charge is -2.04. The maximum absolute atomic E-state index is 13.4. The Kier molecular flexibility index (Phi) is 3.12. The van der Waals surface area contributed by atoms with Crippen LogP contribution >= 0.6 is 0 Å². The highest BCUT2D eigenvalue weighted by molar-refractivity contribution is 5.79. The van der Waals surface area contributed by atoms with Crippen LogP contribution in [0.3, 0.4) is 0 Å². The highest BCUT2D eigenvalue weighted by Gasteiger charge is 2.12. The Morgan fingerprint density at radius 3 is 2.62 bits per heavy atom. The van der Waals surface area contributed by atoms with Crippen molar-refractivity contribution >= 4 is 10.9 Å². The lowest BCUT2D eigenvalue weighted by Crippen LogP contribution is -2.11. The number of H-pyrrole nitrogens is 1. The minimum Gasteiger partial charge on any atom is -0.305 e. The average Bonchev–Trinajstić information content (AvgIpc) is 3.11. The Labute approximate surface area is 132 Å². The summed E-state index contributed by atoms with van der Waals surface area (Å²) >= 11 is 0. The number of benzene rings is 1. The van der Waals surface area contributed by atoms with E-state index in [4.69, 9.17) is 0 Å². The highest BCUT2D eigenvalue weighted by Crippen LogP contribution is 2.17. The summed E-state index contributed by atoms with van der Waals surface area (Å²) in [7, 11) is 0. The Morgan fingerprint density at radius 1 is 1.08 bits per heavy atom. The molecule has 0 bridgehead atoms. The number of aromatic nitrogens is 6. The monoisotopic (exact) mass is 326 g/mol. The number of nitrogens with zero attached hydrogens (tertiary/aromatic N) is 5. The van der Waals surface area contributed by atoms with Crippen LogP contribution in [0.5, 0.6) is 0 Å². The molecule has 0 aliphatic heterocycles. The summed E-state index contributed by atoms with van der Waals surface area (Å²) in [6.07, 6.45) is 4.87. The zero-order valence-electron chi connectivity index (χ0n) is 11.9. The molecule has 118 valence electrons. The molecule has 1 N–H and O–H groups in total. The first-order valence-electron chi connectivity index (χ1n) is 6.83. The second kappa shape index (κ2) is 5.30. The minimum absolute atomic E-state index is 0.0353. The van der Waals surface area contributed by atoms with Gasteiger partial charge in [0, 0.05) is 18.5 Å². The van der Waals surface area contributed by atoms with E-state index in [0.717, 1.165) is 12.1 Å². The van der Waals surface area contributed by atoms with Gasteiger partial charge in [-0.3, -0.25) is 9.36 Å². The molecule has 0 saturated carbocycles. The van der Waals surface area contributed by atoms with Crippen molar-refractivity contribution in [2.24, 2.45) is 0 Å². The van der Waals surface area contributed by atoms with Gasteiger partial charge in [-0.1, -0.05) is 0 Å². The molecule has 0 radical (unpaired) electrons. The van der Waals surface area contributed by atoms with E-state index < -0.39 is 17.2 Å². The van der Waals surface area contributed by atoms with Crippen molar-refractivity contribution in [3.8, 4) is 17.3 Å². The van der Waals surface area contributed by atoms with Gasteiger partial charge in [0.05, 0.1) is 10.9 Å². The molecule has 1 aromatic carbocycles. The molecule has 9 heteroatoms. The van der Waals surface area contributed by atoms with Gasteiger partial charge in [-0.2, -0.15) is 0 Å². The fourth-order valence-electron chi connectivity index (χ4n) is 2.24. The van der Waals surface area contributed by atoms with E-state index in [1.165, 1.54) is 0 Å². The third kappa shape index (κ3) is 2.32. The van der Waals surface area contributed by atoms with Crippen LogP contribution in [0.4, 0.5) is 8.78 Å². The zero-order chi connectivity index (χ0) is 16.7. The molecular formula is C15H8F2N6O. The van der Waals surface area contributed by atoms with Crippen LogP contribution < -0.4 is 5.56 Å². The molecule has 0 fully saturated rings. The number of hydrogen-bond donors (Lipinski definition) is 1. The molecule has 4 aromatic rings. The SMILES string of the molecule is O=c1[nH]c(-c2ccc(-n3ccnc3)nn2)nc2cc(F)c(F)cc12. The van der Waals surface area contributed by atoms with E-state index in [1.807, 2.05) is 0 Å². The molecule has 0 saturated heterocycles. The van der Waals surface area contributed by atoms with Crippen LogP contribution in [-0.2, 0) is 0 Å². The number of hydrogen-bond acceptors (Lipinski definition) is 5. The van der Waals surface area contributed by atoms with Crippen molar-refractivity contribution < 1.29 is 8.78 Å². The second-order valence-electron chi connectivity index (χ2n) is 4.94. The molecule has 7 nitrogen and oxygen atoms in total. The van der Waals surface area contributed by atoms with Gasteiger partial charge in [-0.15, -0.1) is 10.2 Å². The third-order valence-electron chi connectivity index (χ3n) is 3.41. The van der Waals surface area contributed by atoms with Crippen molar-refractivity contribution in [1.29, 1.82) is 0 Å². The molecule has 24 heavy (non-hydrogen) atoms. The first-order chi connectivity index (χ1) is 11.6. The highest BCUT2D eigenvalue weighted by atomic mass is 19.2. The van der Waals surface area contributed by atoms with Gasteiger partial charge in [-0.05, 0) is 18.2 Å². The predicted octanol–water partition coefficient (Wildman–Crippen LogP) is 1.84. The lowest BCUT2D eigenvalue weighted by atomic mass is 10.2. The fourth-order valence-corrected chi connectivity index (χ4v) is 2.24. The number of halogens is 2. The van der Waals surface area contributed by atoms with Crippen LogP contribution in [0.2, 0.25) is 0 Å². The van der Waals surface area contributed by atoms with E-state index in [2.05, 4.69) is 25.1 Å². The van der Waals surface area contributed by atoms with Gasteiger partial charge in [0.2, 0.25) is 0 Å². The minimum atomic E-state index is -1.10. The molecule has 0 unspecified atom stereocenters. The van der Waals surface area contributed by atoms with Crippen LogP contribution in [-0.4, -0.2) is 29.7 Å². The summed E-state index contributed by atoms with van der Waals surface area (Å²) in [5, 5.41) is 7.97. The molecule has 0 amide bonds. The van der Waals surface area contributed by atoms with E-state index in [1.54, 1.807) is 35.4 Å². The summed E-state index contributed by atoms with van der Waals surface area (Å²) in [5.41, 5.74) is -0.259. The van der Waals surface area contributed by atoms with Gasteiger partial charge >= 0.3 is 0 Å². The van der Waals surface area contributed by atoms with Crippen LogP contribution in [0.15, 0.2) is 47.8 Å². The molecule has 0 spiro atoms. The largest absolute Gasteiger partial charge is 0.305 e. The van der Waals surface area contributed by atoms with Gasteiger partial charge in [0.1, 0.15) is 12.0 Å². The van der Waals surface area contributed by atoms with E-state index in [9.17, 15) is 13.6 Å². The fraction of sp³-hybridized carbons (Fsp3) is 0. The summed E-state index contributed by atoms with van der Waals surface area (Å²) in [4.78, 5) is 22.6. The van der Waals surface area contributed by atoms with Crippen molar-refractivity contribution in [3.63, 3.8) is 0 Å². The zero-order valence-corrected chi connectivity index (χ0v) is 11.9. The van der Waals surface area contributed by atoms with Crippen molar-refractivity contribution in [1.82, 2.24) is 29.7 Å². The van der Waals surface area contributed by atoms with E-state index in [-0.39, 0.29) is 16.7 Å². The van der Waals surface area contributed by atoms with Crippen LogP contribution in [0.25, 0.3) is 28.2 Å². The molecule has 4 rings (SSSR count). The third-order valence-corrected chi connectivity index (χ3v) is 3.41. The molecule has 0 aliphatic carbocycles. The topological polar surface area (TPSA) is 89.4 Å². The Balaban J connectivity index is 1.81. The van der Waals surface area contributed by atoms with Crippen LogP contribution in [0, 0.1) is 11.6 Å². The summed E-state index contributed by atoms with van der Waals surface area (Å²) in [6.45, 7) is 0. The average molecular weight is 326 g/mol. The van der Waals surface area contributed by atoms with E-state index in [0.29, 0.717) is 11.5 Å². The number of rotatable bonds is 2. The molecule has 3 heterocycles. The number of nitrogens with one attached hydrogen (secondary N) is 1. The Morgan fingerprint density at radius 2 is 1.92 bits per heavy atom. The number of fused-ring (bicyclic) bond motifs is 1. The Hall–Kier alpha value is -3.49. The summed E-state index contributed by atoms with van der Waals surface area (Å²) in [5.74, 6) is -1.53. The quantitative estimate of drug-likeness (QED) is 0.607. The van der Waals surface area contributed by atoms with Crippen molar-refractivity contribution in [2.45, 2.75) is 0 Å². The van der Waals surface area contributed by atoms with Gasteiger partial charge in [-0.25, -0.2) is 18.7 Å².